The molecule has 0 amide bonds. The highest BCUT2D eigenvalue weighted by molar-refractivity contribution is 9.10. The minimum Gasteiger partial charge on any atom is -0.254 e. The van der Waals surface area contributed by atoms with Gasteiger partial charge in [0.1, 0.15) is 0 Å². The fourth-order valence-corrected chi connectivity index (χ4v) is 1.41. The van der Waals surface area contributed by atoms with Gasteiger partial charge in [-0.3, -0.25) is 4.98 Å². The van der Waals surface area contributed by atoms with E-state index in [9.17, 15) is 0 Å². The quantitative estimate of drug-likeness (QED) is 0.606. The minimum absolute atomic E-state index is 0.159. The Kier molecular flexibility index (Phi) is 4.13. The zero-order valence-electron chi connectivity index (χ0n) is 8.49. The van der Waals surface area contributed by atoms with E-state index in [0.717, 1.165) is 10.2 Å². The predicted molar refractivity (Wildman–Crippen MR) is 66.9 cm³/mol. The molecule has 0 spiro atoms. The molecule has 0 aliphatic carbocycles. The first kappa shape index (κ1) is 11.7. The molecule has 1 aromatic heterocycles. The van der Waals surface area contributed by atoms with Crippen LogP contribution >= 0.6 is 27.9 Å². The number of rotatable bonds is 2. The van der Waals surface area contributed by atoms with E-state index in [-0.39, 0.29) is 4.75 Å². The number of pyridine rings is 1. The molecule has 76 valence electrons. The van der Waals surface area contributed by atoms with Crippen molar-refractivity contribution in [2.24, 2.45) is 4.40 Å². The van der Waals surface area contributed by atoms with Crippen molar-refractivity contribution in [1.29, 1.82) is 0 Å². The first-order valence-electron chi connectivity index (χ1n) is 4.30. The summed E-state index contributed by atoms with van der Waals surface area (Å²) < 4.78 is 5.40. The van der Waals surface area contributed by atoms with Crippen molar-refractivity contribution in [3.05, 3.63) is 28.5 Å². The van der Waals surface area contributed by atoms with E-state index in [1.165, 1.54) is 0 Å². The molecule has 2 nitrogen and oxygen atoms in total. The third kappa shape index (κ3) is 4.77. The third-order valence-electron chi connectivity index (χ3n) is 1.26. The Labute approximate surface area is 97.5 Å². The monoisotopic (exact) mass is 272 g/mol. The lowest BCUT2D eigenvalue weighted by Gasteiger charge is -2.11. The van der Waals surface area contributed by atoms with Crippen LogP contribution in [0.15, 0.2) is 27.2 Å². The fraction of sp³-hybridized carbons (Fsp3) is 0.400. The van der Waals surface area contributed by atoms with Gasteiger partial charge >= 0.3 is 0 Å². The highest BCUT2D eigenvalue weighted by Gasteiger charge is 2.08. The molecule has 0 radical (unpaired) electrons. The number of nitrogens with zero attached hydrogens (tertiary/aromatic N) is 2. The molecule has 1 heterocycles. The summed E-state index contributed by atoms with van der Waals surface area (Å²) in [4.78, 5) is 4.19. The Hall–Kier alpha value is -0.350. The van der Waals surface area contributed by atoms with Crippen LogP contribution in [0.1, 0.15) is 26.5 Å². The Morgan fingerprint density at radius 2 is 2.14 bits per heavy atom. The van der Waals surface area contributed by atoms with E-state index < -0.39 is 0 Å². The Morgan fingerprint density at radius 3 is 2.64 bits per heavy atom. The van der Waals surface area contributed by atoms with Gasteiger partial charge in [0.25, 0.3) is 0 Å². The standard InChI is InChI=1S/C10H13BrN2S/c1-10(2,3)14-13-7-9-5-4-8(11)6-12-9/h4-7H,1-3H3. The number of aromatic nitrogens is 1. The SMILES string of the molecule is CC(C)(C)SN=Cc1ccc(Br)cn1. The summed E-state index contributed by atoms with van der Waals surface area (Å²) in [6, 6.07) is 3.88. The van der Waals surface area contributed by atoms with Crippen molar-refractivity contribution in [2.45, 2.75) is 25.5 Å². The van der Waals surface area contributed by atoms with Gasteiger partial charge in [0.2, 0.25) is 0 Å². The van der Waals surface area contributed by atoms with Gasteiger partial charge in [0, 0.05) is 15.4 Å². The largest absolute Gasteiger partial charge is 0.254 e. The van der Waals surface area contributed by atoms with Gasteiger partial charge in [-0.25, -0.2) is 4.40 Å². The summed E-state index contributed by atoms with van der Waals surface area (Å²) in [7, 11) is 0. The zero-order valence-corrected chi connectivity index (χ0v) is 10.9. The van der Waals surface area contributed by atoms with Crippen molar-refractivity contribution < 1.29 is 0 Å². The van der Waals surface area contributed by atoms with Crippen molar-refractivity contribution >= 4 is 34.1 Å². The molecule has 1 aromatic rings. The molecule has 0 N–H and O–H groups in total. The van der Waals surface area contributed by atoms with E-state index in [0.29, 0.717) is 0 Å². The lowest BCUT2D eigenvalue weighted by molar-refractivity contribution is 0.804. The van der Waals surface area contributed by atoms with Crippen molar-refractivity contribution in [1.82, 2.24) is 4.98 Å². The lowest BCUT2D eigenvalue weighted by Crippen LogP contribution is -2.05. The van der Waals surface area contributed by atoms with Crippen LogP contribution in [0, 0.1) is 0 Å². The minimum atomic E-state index is 0.159. The third-order valence-corrected chi connectivity index (χ3v) is 2.49. The second kappa shape index (κ2) is 4.94. The number of halogens is 1. The van der Waals surface area contributed by atoms with Gasteiger partial charge in [0.05, 0.1) is 11.9 Å². The fourth-order valence-electron chi connectivity index (χ4n) is 0.702. The Bertz CT molecular complexity index is 314. The summed E-state index contributed by atoms with van der Waals surface area (Å²) in [5.74, 6) is 0. The van der Waals surface area contributed by atoms with Crippen molar-refractivity contribution in [3.63, 3.8) is 0 Å². The van der Waals surface area contributed by atoms with Crippen LogP contribution in [-0.4, -0.2) is 15.9 Å². The molecular formula is C10H13BrN2S. The van der Waals surface area contributed by atoms with Crippen molar-refractivity contribution in [3.8, 4) is 0 Å². The van der Waals surface area contributed by atoms with Gasteiger partial charge < -0.3 is 0 Å². The molecule has 14 heavy (non-hydrogen) atoms. The van der Waals surface area contributed by atoms with E-state index in [2.05, 4.69) is 46.1 Å². The molecule has 0 saturated heterocycles. The first-order chi connectivity index (χ1) is 6.47. The van der Waals surface area contributed by atoms with E-state index in [1.807, 2.05) is 12.1 Å². The van der Waals surface area contributed by atoms with E-state index >= 15 is 0 Å². The van der Waals surface area contributed by atoms with Crippen LogP contribution < -0.4 is 0 Å². The maximum Gasteiger partial charge on any atom is 0.0819 e. The van der Waals surface area contributed by atoms with Crippen LogP contribution in [0.25, 0.3) is 0 Å². The number of hydrogen-bond donors (Lipinski definition) is 0. The highest BCUT2D eigenvalue weighted by Crippen LogP contribution is 2.23. The molecule has 0 fully saturated rings. The predicted octanol–water partition coefficient (Wildman–Crippen LogP) is 3.71. The Balaban J connectivity index is 2.57. The summed E-state index contributed by atoms with van der Waals surface area (Å²) in [6.45, 7) is 6.39. The average molecular weight is 273 g/mol. The smallest absolute Gasteiger partial charge is 0.0819 e. The second-order valence-corrected chi connectivity index (χ2v) is 6.37. The highest BCUT2D eigenvalue weighted by atomic mass is 79.9. The second-order valence-electron chi connectivity index (χ2n) is 3.84. The van der Waals surface area contributed by atoms with Gasteiger partial charge in [0.15, 0.2) is 0 Å². The summed E-state index contributed by atoms with van der Waals surface area (Å²) in [5.41, 5.74) is 0.880. The molecular weight excluding hydrogens is 260 g/mol. The molecule has 0 aromatic carbocycles. The van der Waals surface area contributed by atoms with Crippen LogP contribution in [0.3, 0.4) is 0 Å². The van der Waals surface area contributed by atoms with Crippen LogP contribution in [0.5, 0.6) is 0 Å². The van der Waals surface area contributed by atoms with Crippen molar-refractivity contribution in [2.75, 3.05) is 0 Å². The zero-order chi connectivity index (χ0) is 10.6. The Morgan fingerprint density at radius 1 is 1.43 bits per heavy atom. The van der Waals surface area contributed by atoms with Crippen LogP contribution in [0.2, 0.25) is 0 Å². The van der Waals surface area contributed by atoms with Gasteiger partial charge in [-0.1, -0.05) is 0 Å². The lowest BCUT2D eigenvalue weighted by atomic mass is 10.3. The van der Waals surface area contributed by atoms with Crippen LogP contribution in [-0.2, 0) is 0 Å². The first-order valence-corrected chi connectivity index (χ1v) is 5.87. The molecule has 0 saturated carbocycles. The average Bonchev–Trinajstić information content (AvgIpc) is 2.06. The summed E-state index contributed by atoms with van der Waals surface area (Å²) in [6.07, 6.45) is 3.55. The number of hydrogen-bond acceptors (Lipinski definition) is 3. The molecule has 0 unspecified atom stereocenters. The maximum atomic E-state index is 4.26. The molecule has 1 rings (SSSR count). The van der Waals surface area contributed by atoms with Gasteiger partial charge in [-0.2, -0.15) is 0 Å². The summed E-state index contributed by atoms with van der Waals surface area (Å²) >= 11 is 4.88. The molecule has 0 atom stereocenters. The van der Waals surface area contributed by atoms with Gasteiger partial charge in [-0.15, -0.1) is 0 Å². The molecule has 0 bridgehead atoms. The molecule has 0 aliphatic heterocycles. The van der Waals surface area contributed by atoms with Crippen LogP contribution in [0.4, 0.5) is 0 Å². The van der Waals surface area contributed by atoms with E-state index in [4.69, 9.17) is 0 Å². The summed E-state index contributed by atoms with van der Waals surface area (Å²) in [5, 5.41) is 0. The molecule has 4 heteroatoms. The van der Waals surface area contributed by atoms with E-state index in [1.54, 1.807) is 24.4 Å². The maximum absolute atomic E-state index is 4.26. The normalized spacial score (nSPS) is 12.3. The van der Waals surface area contributed by atoms with Gasteiger partial charge in [-0.05, 0) is 60.8 Å². The topological polar surface area (TPSA) is 25.2 Å². The molecule has 0 aliphatic rings.